The van der Waals surface area contributed by atoms with E-state index in [2.05, 4.69) is 0 Å². The Morgan fingerprint density at radius 3 is 1.94 bits per heavy atom. The second kappa shape index (κ2) is 4.96. The van der Waals surface area contributed by atoms with Crippen LogP contribution >= 0.6 is 0 Å². The summed E-state index contributed by atoms with van der Waals surface area (Å²) in [6.45, 7) is 0. The molecule has 2 aromatic rings. The predicted molar refractivity (Wildman–Crippen MR) is 66.1 cm³/mol. The van der Waals surface area contributed by atoms with Crippen molar-refractivity contribution in [2.24, 2.45) is 0 Å². The maximum Gasteiger partial charge on any atom is 0.136 e. The Labute approximate surface area is 102 Å². The minimum absolute atomic E-state index is 0.270. The second-order valence-corrected chi connectivity index (χ2v) is 3.78. The zero-order valence-electron chi connectivity index (χ0n) is 9.33. The van der Waals surface area contributed by atoms with Gasteiger partial charge in [0.05, 0.1) is 0 Å². The molecule has 0 radical (unpaired) electrons. The molecule has 2 rings (SSSR count). The van der Waals surface area contributed by atoms with Gasteiger partial charge >= 0.3 is 0 Å². The number of halogens is 3. The predicted octanol–water partition coefficient (Wildman–Crippen LogP) is 3.86. The molecule has 0 saturated heterocycles. The van der Waals surface area contributed by atoms with Crippen LogP contribution < -0.4 is 5.73 Å². The number of hydrogen-bond donors (Lipinski definition) is 1. The molecule has 0 fully saturated rings. The van der Waals surface area contributed by atoms with Crippen LogP contribution in [0.5, 0.6) is 0 Å². The molecule has 0 aromatic heterocycles. The molecule has 1 nitrogen and oxygen atoms in total. The van der Waals surface area contributed by atoms with E-state index < -0.39 is 17.5 Å². The first-order chi connectivity index (χ1) is 8.56. The lowest BCUT2D eigenvalue weighted by Gasteiger charge is -2.00. The van der Waals surface area contributed by atoms with Crippen LogP contribution in [0.4, 0.5) is 18.9 Å². The van der Waals surface area contributed by atoms with Crippen molar-refractivity contribution >= 4 is 17.8 Å². The van der Waals surface area contributed by atoms with Crippen LogP contribution in [-0.2, 0) is 0 Å². The highest BCUT2D eigenvalue weighted by Gasteiger charge is 2.08. The van der Waals surface area contributed by atoms with Crippen molar-refractivity contribution in [3.63, 3.8) is 0 Å². The lowest BCUT2D eigenvalue weighted by atomic mass is 10.1. The topological polar surface area (TPSA) is 26.0 Å². The van der Waals surface area contributed by atoms with Gasteiger partial charge in [-0.15, -0.1) is 0 Å². The summed E-state index contributed by atoms with van der Waals surface area (Å²) in [6, 6.07) is 8.07. The number of nitrogen functional groups attached to an aromatic ring is 1. The fourth-order valence-corrected chi connectivity index (χ4v) is 1.50. The molecule has 4 heteroatoms. The van der Waals surface area contributed by atoms with Gasteiger partial charge in [-0.05, 0) is 23.8 Å². The Balaban J connectivity index is 2.31. The second-order valence-electron chi connectivity index (χ2n) is 3.78. The molecule has 0 aliphatic rings. The van der Waals surface area contributed by atoms with Crippen LogP contribution in [0.2, 0.25) is 0 Å². The Morgan fingerprint density at radius 2 is 1.39 bits per heavy atom. The quantitative estimate of drug-likeness (QED) is 0.634. The van der Waals surface area contributed by atoms with Gasteiger partial charge in [-0.3, -0.25) is 0 Å². The van der Waals surface area contributed by atoms with Gasteiger partial charge in [-0.1, -0.05) is 18.2 Å². The van der Waals surface area contributed by atoms with Crippen molar-refractivity contribution in [3.05, 3.63) is 65.0 Å². The minimum atomic E-state index is -0.936. The molecule has 0 saturated carbocycles. The van der Waals surface area contributed by atoms with Crippen molar-refractivity contribution < 1.29 is 13.2 Å². The van der Waals surface area contributed by atoms with E-state index in [4.69, 9.17) is 5.73 Å². The van der Waals surface area contributed by atoms with E-state index in [1.807, 2.05) is 0 Å². The van der Waals surface area contributed by atoms with Crippen molar-refractivity contribution in [3.8, 4) is 0 Å². The summed E-state index contributed by atoms with van der Waals surface area (Å²) < 4.78 is 39.4. The molecule has 0 spiro atoms. The molecule has 0 amide bonds. The summed E-state index contributed by atoms with van der Waals surface area (Å²) in [6.07, 6.45) is 2.79. The first-order valence-corrected chi connectivity index (χ1v) is 5.24. The van der Waals surface area contributed by atoms with Crippen LogP contribution in [0.1, 0.15) is 11.1 Å². The Hall–Kier alpha value is -2.23. The highest BCUT2D eigenvalue weighted by atomic mass is 19.1. The summed E-state index contributed by atoms with van der Waals surface area (Å²) in [5.74, 6) is -2.80. The van der Waals surface area contributed by atoms with Gasteiger partial charge in [0.1, 0.15) is 17.5 Å². The van der Waals surface area contributed by atoms with Crippen LogP contribution in [0.15, 0.2) is 36.4 Å². The SMILES string of the molecule is Nc1ccc(C=Cc2c(F)cc(F)cc2F)cc1. The van der Waals surface area contributed by atoms with E-state index in [0.717, 1.165) is 5.56 Å². The molecule has 0 aliphatic heterocycles. The van der Waals surface area contributed by atoms with E-state index in [0.29, 0.717) is 17.8 Å². The first-order valence-electron chi connectivity index (χ1n) is 5.24. The average molecular weight is 249 g/mol. The molecule has 0 heterocycles. The summed E-state index contributed by atoms with van der Waals surface area (Å²) in [5.41, 5.74) is 6.59. The summed E-state index contributed by atoms with van der Waals surface area (Å²) >= 11 is 0. The van der Waals surface area contributed by atoms with Gasteiger partial charge < -0.3 is 5.73 Å². The molecule has 0 bridgehead atoms. The monoisotopic (exact) mass is 249 g/mol. The highest BCUT2D eigenvalue weighted by molar-refractivity contribution is 5.70. The first kappa shape index (κ1) is 12.2. The van der Waals surface area contributed by atoms with Crippen LogP contribution in [-0.4, -0.2) is 0 Å². The largest absolute Gasteiger partial charge is 0.399 e. The van der Waals surface area contributed by atoms with Gasteiger partial charge in [-0.25, -0.2) is 13.2 Å². The van der Waals surface area contributed by atoms with Crippen molar-refractivity contribution in [1.29, 1.82) is 0 Å². The average Bonchev–Trinajstić information content (AvgIpc) is 2.30. The fraction of sp³-hybridized carbons (Fsp3) is 0. The third-order valence-corrected chi connectivity index (χ3v) is 2.42. The molecule has 2 aromatic carbocycles. The van der Waals surface area contributed by atoms with Crippen molar-refractivity contribution in [2.75, 3.05) is 5.73 Å². The molecular weight excluding hydrogens is 239 g/mol. The zero-order chi connectivity index (χ0) is 13.1. The molecule has 2 N–H and O–H groups in total. The summed E-state index contributed by atoms with van der Waals surface area (Å²) in [7, 11) is 0. The van der Waals surface area contributed by atoms with Crippen LogP contribution in [0.3, 0.4) is 0 Å². The van der Waals surface area contributed by atoms with E-state index in [1.165, 1.54) is 12.2 Å². The summed E-state index contributed by atoms with van der Waals surface area (Å²) in [5, 5.41) is 0. The molecule has 0 unspecified atom stereocenters. The number of rotatable bonds is 2. The Bertz CT molecular complexity index is 565. The fourth-order valence-electron chi connectivity index (χ4n) is 1.50. The molecule has 92 valence electrons. The molecule has 18 heavy (non-hydrogen) atoms. The Kier molecular flexibility index (Phi) is 3.37. The Morgan fingerprint density at radius 1 is 0.833 bits per heavy atom. The number of hydrogen-bond acceptors (Lipinski definition) is 1. The summed E-state index contributed by atoms with van der Waals surface area (Å²) in [4.78, 5) is 0. The zero-order valence-corrected chi connectivity index (χ0v) is 9.33. The van der Waals surface area contributed by atoms with Crippen LogP contribution in [0.25, 0.3) is 12.2 Å². The maximum atomic E-state index is 13.3. The molecule has 0 atom stereocenters. The number of benzene rings is 2. The van der Waals surface area contributed by atoms with E-state index in [-0.39, 0.29) is 5.56 Å². The normalized spacial score (nSPS) is 11.1. The van der Waals surface area contributed by atoms with E-state index in [1.54, 1.807) is 24.3 Å². The molecular formula is C14H10F3N. The maximum absolute atomic E-state index is 13.3. The smallest absolute Gasteiger partial charge is 0.136 e. The van der Waals surface area contributed by atoms with Crippen molar-refractivity contribution in [1.82, 2.24) is 0 Å². The van der Waals surface area contributed by atoms with Gasteiger partial charge in [-0.2, -0.15) is 0 Å². The van der Waals surface area contributed by atoms with Gasteiger partial charge in [0.25, 0.3) is 0 Å². The lowest BCUT2D eigenvalue weighted by molar-refractivity contribution is 0.540. The van der Waals surface area contributed by atoms with Gasteiger partial charge in [0.15, 0.2) is 0 Å². The standard InChI is InChI=1S/C14H10F3N/c15-10-7-13(16)12(14(17)8-10)6-3-9-1-4-11(18)5-2-9/h1-8H,18H2. The number of anilines is 1. The third kappa shape index (κ3) is 2.71. The van der Waals surface area contributed by atoms with Crippen LogP contribution in [0, 0.1) is 17.5 Å². The number of nitrogens with two attached hydrogens (primary N) is 1. The minimum Gasteiger partial charge on any atom is -0.399 e. The highest BCUT2D eigenvalue weighted by Crippen LogP contribution is 2.18. The third-order valence-electron chi connectivity index (χ3n) is 2.42. The van der Waals surface area contributed by atoms with E-state index in [9.17, 15) is 13.2 Å². The van der Waals surface area contributed by atoms with Gasteiger partial charge in [0, 0.05) is 23.4 Å². The molecule has 0 aliphatic carbocycles. The van der Waals surface area contributed by atoms with E-state index >= 15 is 0 Å². The van der Waals surface area contributed by atoms with Crippen molar-refractivity contribution in [2.45, 2.75) is 0 Å². The van der Waals surface area contributed by atoms with Gasteiger partial charge in [0.2, 0.25) is 0 Å². The lowest BCUT2D eigenvalue weighted by Crippen LogP contribution is -1.91.